The predicted octanol–water partition coefficient (Wildman–Crippen LogP) is 1.46. The molecule has 0 atom stereocenters. The summed E-state index contributed by atoms with van der Waals surface area (Å²) >= 11 is 0. The molecule has 158 valence electrons. The monoisotopic (exact) mass is 423 g/mol. The first-order valence-corrected chi connectivity index (χ1v) is 10.2. The number of alkyl halides is 3. The highest BCUT2D eigenvalue weighted by molar-refractivity contribution is 7.90. The van der Waals surface area contributed by atoms with Gasteiger partial charge in [-0.15, -0.1) is 0 Å². The number of nitrogens with one attached hydrogen (secondary N) is 2. The molecule has 1 saturated heterocycles. The second-order valence-corrected chi connectivity index (χ2v) is 8.06. The number of ether oxygens (including phenoxy) is 1. The Labute approximate surface area is 162 Å². The van der Waals surface area contributed by atoms with Crippen molar-refractivity contribution in [1.82, 2.24) is 19.9 Å². The van der Waals surface area contributed by atoms with Crippen LogP contribution in [0.1, 0.15) is 25.5 Å². The minimum atomic E-state index is -5.27. The number of nitrogens with zero attached hydrogens (tertiary/aromatic N) is 3. The maximum absolute atomic E-state index is 12.7. The Morgan fingerprint density at radius 2 is 2.04 bits per heavy atom. The third-order valence-corrected chi connectivity index (χ3v) is 5.79. The zero-order chi connectivity index (χ0) is 20.8. The molecule has 1 fully saturated rings. The highest BCUT2D eigenvalue weighted by Crippen LogP contribution is 2.28. The Morgan fingerprint density at radius 3 is 2.61 bits per heavy atom. The van der Waals surface area contributed by atoms with E-state index >= 15 is 0 Å². The largest absolute Gasteiger partial charge is 0.511 e. The summed E-state index contributed by atoms with van der Waals surface area (Å²) < 4.78 is 66.5. The van der Waals surface area contributed by atoms with Gasteiger partial charge in [0.25, 0.3) is 0 Å². The summed E-state index contributed by atoms with van der Waals surface area (Å²) in [5, 5.41) is 6.21. The smallest absolute Gasteiger partial charge is 0.481 e. The van der Waals surface area contributed by atoms with Gasteiger partial charge < -0.3 is 15.4 Å². The van der Waals surface area contributed by atoms with Gasteiger partial charge in [-0.05, 0) is 25.8 Å². The number of rotatable bonds is 6. The molecule has 28 heavy (non-hydrogen) atoms. The molecule has 1 aromatic heterocycles. The molecule has 12 heteroatoms. The van der Waals surface area contributed by atoms with E-state index in [1.165, 1.54) is 7.11 Å². The highest BCUT2D eigenvalue weighted by Gasteiger charge is 2.50. The van der Waals surface area contributed by atoms with Crippen LogP contribution in [0.25, 0.3) is 0 Å². The number of hydrogen-bond donors (Lipinski definition) is 2. The molecule has 0 aromatic carbocycles. The van der Waals surface area contributed by atoms with Crippen LogP contribution in [0.3, 0.4) is 0 Å². The number of halogens is 3. The van der Waals surface area contributed by atoms with E-state index in [1.54, 1.807) is 18.2 Å². The maximum atomic E-state index is 12.7. The van der Waals surface area contributed by atoms with E-state index < -0.39 is 15.5 Å². The van der Waals surface area contributed by atoms with Gasteiger partial charge in [0.05, 0.1) is 19.3 Å². The Hall–Kier alpha value is -2.08. The van der Waals surface area contributed by atoms with Crippen LogP contribution >= 0.6 is 0 Å². The van der Waals surface area contributed by atoms with Crippen molar-refractivity contribution < 1.29 is 26.3 Å². The average Bonchev–Trinajstić information content (AvgIpc) is 2.66. The summed E-state index contributed by atoms with van der Waals surface area (Å²) in [5.41, 5.74) is -4.57. The molecule has 0 spiro atoms. The van der Waals surface area contributed by atoms with E-state index in [9.17, 15) is 21.6 Å². The molecular formula is C16H24F3N5O3S. The van der Waals surface area contributed by atoms with Crippen LogP contribution in [0.2, 0.25) is 0 Å². The Morgan fingerprint density at radius 1 is 1.36 bits per heavy atom. The average molecular weight is 423 g/mol. The van der Waals surface area contributed by atoms with E-state index in [0.29, 0.717) is 28.4 Å². The van der Waals surface area contributed by atoms with Gasteiger partial charge in [0.15, 0.2) is 5.96 Å². The van der Waals surface area contributed by atoms with Crippen LogP contribution in [0.15, 0.2) is 23.2 Å². The lowest BCUT2D eigenvalue weighted by molar-refractivity contribution is -0.0494. The van der Waals surface area contributed by atoms with Crippen molar-refractivity contribution in [3.05, 3.63) is 23.9 Å². The van der Waals surface area contributed by atoms with Crippen molar-refractivity contribution in [1.29, 1.82) is 0 Å². The molecule has 0 amide bonds. The number of pyridine rings is 1. The van der Waals surface area contributed by atoms with Crippen LogP contribution in [0.4, 0.5) is 13.2 Å². The van der Waals surface area contributed by atoms with Gasteiger partial charge in [-0.25, -0.2) is 18.4 Å². The fourth-order valence-corrected chi connectivity index (χ4v) is 3.70. The first kappa shape index (κ1) is 22.2. The van der Waals surface area contributed by atoms with Gasteiger partial charge >= 0.3 is 15.5 Å². The van der Waals surface area contributed by atoms with Gasteiger partial charge in [0.1, 0.15) is 0 Å². The summed E-state index contributed by atoms with van der Waals surface area (Å²) in [5.74, 6) is 0.966. The van der Waals surface area contributed by atoms with Crippen molar-refractivity contribution in [2.45, 2.75) is 37.9 Å². The molecule has 2 rings (SSSR count). The highest BCUT2D eigenvalue weighted by atomic mass is 32.2. The first-order chi connectivity index (χ1) is 13.2. The molecule has 0 unspecified atom stereocenters. The van der Waals surface area contributed by atoms with E-state index in [1.807, 2.05) is 6.92 Å². The van der Waals surface area contributed by atoms with Crippen molar-refractivity contribution in [2.75, 3.05) is 26.7 Å². The van der Waals surface area contributed by atoms with E-state index in [2.05, 4.69) is 20.6 Å². The van der Waals surface area contributed by atoms with Crippen molar-refractivity contribution in [2.24, 2.45) is 4.99 Å². The minimum absolute atomic E-state index is 0.184. The Bertz CT molecular complexity index is 778. The third kappa shape index (κ3) is 5.71. The molecule has 0 saturated carbocycles. The summed E-state index contributed by atoms with van der Waals surface area (Å²) in [7, 11) is -3.75. The second kappa shape index (κ2) is 9.41. The summed E-state index contributed by atoms with van der Waals surface area (Å²) in [6.45, 7) is 2.37. The molecule has 0 bridgehead atoms. The SMILES string of the molecule is CCNC(=NCc1cccc(OC)n1)NC1CCN(S(=O)(=O)C(F)(F)F)CC1. The van der Waals surface area contributed by atoms with E-state index in [0.717, 1.165) is 0 Å². The van der Waals surface area contributed by atoms with Crippen LogP contribution in [0, 0.1) is 0 Å². The quantitative estimate of drug-likeness (QED) is 0.531. The van der Waals surface area contributed by atoms with E-state index in [4.69, 9.17) is 4.74 Å². The van der Waals surface area contributed by atoms with Gasteiger partial charge in [0.2, 0.25) is 5.88 Å². The molecule has 1 aliphatic heterocycles. The standard InChI is InChI=1S/C16H24F3N5O3S/c1-3-20-15(21-11-13-5-4-6-14(22-13)27-2)23-12-7-9-24(10-8-12)28(25,26)16(17,18)19/h4-6,12H,3,7-11H2,1-2H3,(H2,20,21,23). The van der Waals surface area contributed by atoms with Gasteiger partial charge in [-0.1, -0.05) is 6.07 Å². The van der Waals surface area contributed by atoms with Crippen LogP contribution in [0.5, 0.6) is 5.88 Å². The molecule has 1 aliphatic rings. The molecular weight excluding hydrogens is 399 g/mol. The second-order valence-electron chi connectivity index (χ2n) is 6.13. The Kier molecular flexibility index (Phi) is 7.47. The number of methoxy groups -OCH3 is 1. The normalized spacial score (nSPS) is 17.4. The lowest BCUT2D eigenvalue weighted by atomic mass is 10.1. The summed E-state index contributed by atoms with van der Waals surface area (Å²) in [6.07, 6.45) is 0.494. The van der Waals surface area contributed by atoms with Crippen molar-refractivity contribution in [3.8, 4) is 5.88 Å². The molecule has 8 nitrogen and oxygen atoms in total. The lowest BCUT2D eigenvalue weighted by Crippen LogP contribution is -2.51. The first-order valence-electron chi connectivity index (χ1n) is 8.78. The predicted molar refractivity (Wildman–Crippen MR) is 98.3 cm³/mol. The summed E-state index contributed by atoms with van der Waals surface area (Å²) in [4.78, 5) is 8.69. The molecule has 2 heterocycles. The van der Waals surface area contributed by atoms with Gasteiger partial charge in [0, 0.05) is 31.7 Å². The maximum Gasteiger partial charge on any atom is 0.511 e. The number of aromatic nitrogens is 1. The van der Waals surface area contributed by atoms with Crippen LogP contribution in [-0.2, 0) is 16.6 Å². The molecule has 2 N–H and O–H groups in total. The molecule has 1 aromatic rings. The summed E-state index contributed by atoms with van der Waals surface area (Å²) in [6, 6.07) is 5.14. The van der Waals surface area contributed by atoms with E-state index in [-0.39, 0.29) is 38.5 Å². The third-order valence-electron chi connectivity index (χ3n) is 4.16. The lowest BCUT2D eigenvalue weighted by Gasteiger charge is -2.32. The fraction of sp³-hybridized carbons (Fsp3) is 0.625. The van der Waals surface area contributed by atoms with Crippen molar-refractivity contribution in [3.63, 3.8) is 0 Å². The van der Waals surface area contributed by atoms with Crippen molar-refractivity contribution >= 4 is 16.0 Å². The number of sulfonamides is 1. The van der Waals surface area contributed by atoms with Crippen LogP contribution in [-0.4, -0.2) is 62.0 Å². The zero-order valence-corrected chi connectivity index (χ0v) is 16.5. The number of piperidine rings is 1. The number of hydrogen-bond acceptors (Lipinski definition) is 5. The number of guanidine groups is 1. The Balaban J connectivity index is 1.96. The number of aliphatic imine (C=N–C) groups is 1. The van der Waals surface area contributed by atoms with Gasteiger partial charge in [-0.3, -0.25) is 0 Å². The molecule has 0 radical (unpaired) electrons. The zero-order valence-electron chi connectivity index (χ0n) is 15.7. The molecule has 0 aliphatic carbocycles. The fourth-order valence-electron chi connectivity index (χ4n) is 2.72. The topological polar surface area (TPSA) is 95.9 Å². The van der Waals surface area contributed by atoms with Crippen LogP contribution < -0.4 is 15.4 Å². The minimum Gasteiger partial charge on any atom is -0.481 e. The van der Waals surface area contributed by atoms with Gasteiger partial charge in [-0.2, -0.15) is 17.5 Å².